The first kappa shape index (κ1) is 18.2. The highest BCUT2D eigenvalue weighted by molar-refractivity contribution is 8.24. The van der Waals surface area contributed by atoms with Gasteiger partial charge in [0.1, 0.15) is 4.32 Å². The van der Waals surface area contributed by atoms with Gasteiger partial charge in [-0.3, -0.25) is 14.5 Å². The maximum atomic E-state index is 12.5. The number of piperazine rings is 1. The lowest BCUT2D eigenvalue weighted by atomic mass is 10.2. The molecule has 5 nitrogen and oxygen atoms in total. The van der Waals surface area contributed by atoms with Gasteiger partial charge >= 0.3 is 0 Å². The molecule has 0 aliphatic carbocycles. The summed E-state index contributed by atoms with van der Waals surface area (Å²) in [5.74, 6) is 0.160. The fourth-order valence-electron chi connectivity index (χ4n) is 3.18. The standard InChI is InChI=1S/C18H23N3O2S2/c1-2-15-17(23)21(18(24)25-15)9-8-16(22)20-12-10-19(11-13-20)14-6-4-3-5-7-14/h3-7,15H,2,8-13H2,1H3. The number of nitrogens with zero attached hydrogens (tertiary/aromatic N) is 3. The number of para-hydroxylation sites is 1. The Labute approximate surface area is 158 Å². The summed E-state index contributed by atoms with van der Waals surface area (Å²) in [4.78, 5) is 30.5. The van der Waals surface area contributed by atoms with Crippen LogP contribution in [0.1, 0.15) is 19.8 Å². The Hall–Kier alpha value is -1.60. The molecule has 2 aliphatic heterocycles. The van der Waals surface area contributed by atoms with Gasteiger partial charge < -0.3 is 9.80 Å². The lowest BCUT2D eigenvalue weighted by Gasteiger charge is -2.36. The monoisotopic (exact) mass is 377 g/mol. The van der Waals surface area contributed by atoms with Gasteiger partial charge in [0.25, 0.3) is 0 Å². The van der Waals surface area contributed by atoms with Crippen molar-refractivity contribution in [2.24, 2.45) is 0 Å². The van der Waals surface area contributed by atoms with E-state index in [9.17, 15) is 9.59 Å². The third-order valence-electron chi connectivity index (χ3n) is 4.68. The normalized spacial score (nSPS) is 21.2. The summed E-state index contributed by atoms with van der Waals surface area (Å²) < 4.78 is 0.610. The highest BCUT2D eigenvalue weighted by atomic mass is 32.2. The Morgan fingerprint density at radius 2 is 1.88 bits per heavy atom. The number of thiocarbonyl (C=S) groups is 1. The molecular weight excluding hydrogens is 354 g/mol. The molecule has 134 valence electrons. The Kier molecular flexibility index (Phi) is 5.96. The summed E-state index contributed by atoms with van der Waals surface area (Å²) in [5, 5.41) is -0.0722. The highest BCUT2D eigenvalue weighted by Crippen LogP contribution is 2.29. The maximum Gasteiger partial charge on any atom is 0.241 e. The number of benzene rings is 1. The van der Waals surface area contributed by atoms with Crippen LogP contribution in [0.4, 0.5) is 5.69 Å². The predicted octanol–water partition coefficient (Wildman–Crippen LogP) is 2.36. The molecule has 0 radical (unpaired) electrons. The molecule has 0 aromatic heterocycles. The van der Waals surface area contributed by atoms with Gasteiger partial charge in [-0.1, -0.05) is 49.1 Å². The zero-order valence-electron chi connectivity index (χ0n) is 14.4. The molecule has 25 heavy (non-hydrogen) atoms. The maximum absolute atomic E-state index is 12.5. The fraction of sp³-hybridized carbons (Fsp3) is 0.500. The molecule has 3 rings (SSSR count). The lowest BCUT2D eigenvalue weighted by molar-refractivity contribution is -0.132. The van der Waals surface area contributed by atoms with Gasteiger partial charge in [-0.05, 0) is 18.6 Å². The van der Waals surface area contributed by atoms with Crippen molar-refractivity contribution in [3.05, 3.63) is 30.3 Å². The first-order valence-electron chi connectivity index (χ1n) is 8.70. The summed E-state index contributed by atoms with van der Waals surface area (Å²) in [6.07, 6.45) is 1.11. The second kappa shape index (κ2) is 8.19. The summed E-state index contributed by atoms with van der Waals surface area (Å²) in [5.41, 5.74) is 1.20. The smallest absolute Gasteiger partial charge is 0.241 e. The quantitative estimate of drug-likeness (QED) is 0.737. The Balaban J connectivity index is 1.47. The Bertz CT molecular complexity index is 645. The SMILES string of the molecule is CCC1SC(=S)N(CCC(=O)N2CCN(c3ccccc3)CC2)C1=O. The molecule has 0 saturated carbocycles. The molecule has 2 saturated heterocycles. The van der Waals surface area contributed by atoms with E-state index in [1.54, 1.807) is 4.90 Å². The third-order valence-corrected chi connectivity index (χ3v) is 6.43. The molecule has 0 spiro atoms. The number of anilines is 1. The summed E-state index contributed by atoms with van der Waals surface area (Å²) in [6, 6.07) is 10.3. The number of carbonyl (C=O) groups excluding carboxylic acids is 2. The highest BCUT2D eigenvalue weighted by Gasteiger charge is 2.35. The van der Waals surface area contributed by atoms with Crippen LogP contribution in [0.3, 0.4) is 0 Å². The molecular formula is C18H23N3O2S2. The van der Waals surface area contributed by atoms with Gasteiger partial charge in [0.15, 0.2) is 0 Å². The van der Waals surface area contributed by atoms with Gasteiger partial charge in [-0.15, -0.1) is 0 Å². The molecule has 0 N–H and O–H groups in total. The number of carbonyl (C=O) groups is 2. The van der Waals surface area contributed by atoms with Crippen LogP contribution in [-0.4, -0.2) is 63.9 Å². The van der Waals surface area contributed by atoms with Crippen LogP contribution in [0.2, 0.25) is 0 Å². The van der Waals surface area contributed by atoms with E-state index in [-0.39, 0.29) is 17.1 Å². The Morgan fingerprint density at radius 1 is 1.20 bits per heavy atom. The lowest BCUT2D eigenvalue weighted by Crippen LogP contribution is -2.49. The molecule has 2 fully saturated rings. The largest absolute Gasteiger partial charge is 0.368 e. The first-order chi connectivity index (χ1) is 12.1. The number of rotatable bonds is 5. The first-order valence-corrected chi connectivity index (χ1v) is 9.98. The fourth-order valence-corrected chi connectivity index (χ4v) is 4.65. The van der Waals surface area contributed by atoms with Gasteiger partial charge in [-0.2, -0.15) is 0 Å². The van der Waals surface area contributed by atoms with Crippen LogP contribution in [0.5, 0.6) is 0 Å². The van der Waals surface area contributed by atoms with Gasteiger partial charge in [0.05, 0.1) is 5.25 Å². The van der Waals surface area contributed by atoms with Crippen LogP contribution in [0, 0.1) is 0 Å². The van der Waals surface area contributed by atoms with E-state index in [1.807, 2.05) is 30.0 Å². The van der Waals surface area contributed by atoms with Gasteiger partial charge in [0, 0.05) is 44.8 Å². The second-order valence-electron chi connectivity index (χ2n) is 6.22. The molecule has 1 aromatic carbocycles. The molecule has 2 heterocycles. The summed E-state index contributed by atoms with van der Waals surface area (Å²) in [6.45, 7) is 5.50. The summed E-state index contributed by atoms with van der Waals surface area (Å²) >= 11 is 6.72. The molecule has 2 aliphatic rings. The van der Waals surface area contributed by atoms with Crippen LogP contribution < -0.4 is 4.90 Å². The van der Waals surface area contributed by atoms with E-state index in [0.717, 1.165) is 32.6 Å². The van der Waals surface area contributed by atoms with E-state index in [0.29, 0.717) is 17.3 Å². The number of amides is 2. The van der Waals surface area contributed by atoms with Crippen molar-refractivity contribution in [2.75, 3.05) is 37.6 Å². The van der Waals surface area contributed by atoms with E-state index in [4.69, 9.17) is 12.2 Å². The van der Waals surface area contributed by atoms with Crippen LogP contribution >= 0.6 is 24.0 Å². The van der Waals surface area contributed by atoms with Crippen LogP contribution in [0.15, 0.2) is 30.3 Å². The molecule has 1 unspecified atom stereocenters. The molecule has 0 bridgehead atoms. The molecule has 7 heteroatoms. The minimum absolute atomic E-state index is 0.0548. The van der Waals surface area contributed by atoms with Crippen molar-refractivity contribution in [1.29, 1.82) is 0 Å². The predicted molar refractivity (Wildman–Crippen MR) is 106 cm³/mol. The number of hydrogen-bond acceptors (Lipinski definition) is 5. The summed E-state index contributed by atoms with van der Waals surface area (Å²) in [7, 11) is 0. The zero-order chi connectivity index (χ0) is 17.8. The topological polar surface area (TPSA) is 43.9 Å². The average Bonchev–Trinajstić information content (AvgIpc) is 2.94. The van der Waals surface area contributed by atoms with Crippen LogP contribution in [0.25, 0.3) is 0 Å². The third kappa shape index (κ3) is 4.15. The van der Waals surface area contributed by atoms with Crippen LogP contribution in [-0.2, 0) is 9.59 Å². The average molecular weight is 378 g/mol. The van der Waals surface area contributed by atoms with Crippen molar-refractivity contribution < 1.29 is 9.59 Å². The van der Waals surface area contributed by atoms with Gasteiger partial charge in [-0.25, -0.2) is 0 Å². The van der Waals surface area contributed by atoms with Crippen molar-refractivity contribution in [1.82, 2.24) is 9.80 Å². The van der Waals surface area contributed by atoms with E-state index < -0.39 is 0 Å². The molecule has 2 amide bonds. The van der Waals surface area contributed by atoms with Crippen molar-refractivity contribution in [3.8, 4) is 0 Å². The van der Waals surface area contributed by atoms with E-state index in [1.165, 1.54) is 17.4 Å². The molecule has 1 aromatic rings. The second-order valence-corrected chi connectivity index (χ2v) is 8.06. The molecule has 1 atom stereocenters. The van der Waals surface area contributed by atoms with Crippen molar-refractivity contribution in [2.45, 2.75) is 25.0 Å². The van der Waals surface area contributed by atoms with E-state index in [2.05, 4.69) is 17.0 Å². The minimum atomic E-state index is -0.0722. The number of thioether (sulfide) groups is 1. The van der Waals surface area contributed by atoms with Crippen molar-refractivity contribution >= 4 is 45.8 Å². The number of hydrogen-bond donors (Lipinski definition) is 0. The minimum Gasteiger partial charge on any atom is -0.368 e. The zero-order valence-corrected chi connectivity index (χ0v) is 16.0. The van der Waals surface area contributed by atoms with Crippen molar-refractivity contribution in [3.63, 3.8) is 0 Å². The van der Waals surface area contributed by atoms with E-state index >= 15 is 0 Å². The Morgan fingerprint density at radius 3 is 2.48 bits per heavy atom. The van der Waals surface area contributed by atoms with Gasteiger partial charge in [0.2, 0.25) is 11.8 Å².